The second kappa shape index (κ2) is 6.59. The van der Waals surface area contributed by atoms with Gasteiger partial charge in [0, 0.05) is 24.1 Å². The van der Waals surface area contributed by atoms with Crippen LogP contribution in [0.4, 0.5) is 10.2 Å². The zero-order chi connectivity index (χ0) is 18.2. The molecule has 4 aromatic rings. The molecule has 7 heteroatoms. The van der Waals surface area contributed by atoms with E-state index >= 15 is 0 Å². The topological polar surface area (TPSA) is 64.3 Å². The third-order valence-electron chi connectivity index (χ3n) is 4.89. The Balaban J connectivity index is 1.63. The van der Waals surface area contributed by atoms with E-state index in [1.807, 2.05) is 24.3 Å². The first-order valence-electron chi connectivity index (χ1n) is 9.05. The molecule has 0 spiro atoms. The number of nitrogens with one attached hydrogen (secondary N) is 1. The number of hydrogen-bond donors (Lipinski definition) is 1. The van der Waals surface area contributed by atoms with Crippen LogP contribution in [0, 0.1) is 5.82 Å². The van der Waals surface area contributed by atoms with Crippen molar-refractivity contribution in [1.29, 1.82) is 0 Å². The van der Waals surface area contributed by atoms with Crippen molar-refractivity contribution >= 4 is 22.4 Å². The minimum Gasteiger partial charge on any atom is -0.376 e. The molecule has 136 valence electrons. The molecule has 1 unspecified atom stereocenters. The lowest BCUT2D eigenvalue weighted by Gasteiger charge is -2.13. The van der Waals surface area contributed by atoms with E-state index in [4.69, 9.17) is 9.72 Å². The van der Waals surface area contributed by atoms with Crippen LogP contribution >= 0.6 is 0 Å². The van der Waals surface area contributed by atoms with Crippen molar-refractivity contribution in [2.24, 2.45) is 0 Å². The molecular formula is C20H18FN5O. The SMILES string of the molecule is Fc1ccc(-c2nnn3c2nc(NCC2CCCO2)c2ccccc23)cc1. The summed E-state index contributed by atoms with van der Waals surface area (Å²) < 4.78 is 20.7. The molecule has 0 bridgehead atoms. The normalized spacial score (nSPS) is 17.0. The predicted octanol–water partition coefficient (Wildman–Crippen LogP) is 3.67. The van der Waals surface area contributed by atoms with E-state index in [0.717, 1.165) is 41.7 Å². The maximum atomic E-state index is 13.3. The molecule has 3 heterocycles. The Kier molecular flexibility index (Phi) is 3.94. The monoisotopic (exact) mass is 363 g/mol. The number of rotatable bonds is 4. The maximum Gasteiger partial charge on any atom is 0.186 e. The number of hydrogen-bond acceptors (Lipinski definition) is 5. The fraction of sp³-hybridized carbons (Fsp3) is 0.250. The van der Waals surface area contributed by atoms with Gasteiger partial charge < -0.3 is 10.1 Å². The van der Waals surface area contributed by atoms with E-state index in [9.17, 15) is 4.39 Å². The van der Waals surface area contributed by atoms with Gasteiger partial charge in [-0.1, -0.05) is 17.3 Å². The van der Waals surface area contributed by atoms with Crippen LogP contribution in [-0.2, 0) is 4.74 Å². The van der Waals surface area contributed by atoms with Crippen LogP contribution in [0.5, 0.6) is 0 Å². The second-order valence-corrected chi connectivity index (χ2v) is 6.67. The van der Waals surface area contributed by atoms with Crippen LogP contribution < -0.4 is 5.32 Å². The quantitative estimate of drug-likeness (QED) is 0.599. The average Bonchev–Trinajstić information content (AvgIpc) is 3.37. The maximum absolute atomic E-state index is 13.3. The van der Waals surface area contributed by atoms with Gasteiger partial charge in [-0.25, -0.2) is 9.37 Å². The molecule has 2 aromatic carbocycles. The average molecular weight is 363 g/mol. The van der Waals surface area contributed by atoms with Gasteiger partial charge in [0.15, 0.2) is 5.65 Å². The molecule has 1 atom stereocenters. The Bertz CT molecular complexity index is 1100. The minimum absolute atomic E-state index is 0.210. The first-order valence-corrected chi connectivity index (χ1v) is 9.05. The molecule has 1 aliphatic rings. The molecule has 0 amide bonds. The van der Waals surface area contributed by atoms with Gasteiger partial charge in [0.1, 0.15) is 17.3 Å². The molecule has 2 aromatic heterocycles. The van der Waals surface area contributed by atoms with Gasteiger partial charge in [0.05, 0.1) is 11.6 Å². The number of nitrogens with zero attached hydrogens (tertiary/aromatic N) is 4. The van der Waals surface area contributed by atoms with E-state index in [1.165, 1.54) is 12.1 Å². The van der Waals surface area contributed by atoms with Gasteiger partial charge >= 0.3 is 0 Å². The van der Waals surface area contributed by atoms with Crippen molar-refractivity contribution < 1.29 is 9.13 Å². The van der Waals surface area contributed by atoms with E-state index in [2.05, 4.69) is 15.6 Å². The molecule has 5 rings (SSSR count). The lowest BCUT2D eigenvalue weighted by atomic mass is 10.1. The highest BCUT2D eigenvalue weighted by Gasteiger charge is 2.18. The van der Waals surface area contributed by atoms with E-state index in [0.29, 0.717) is 17.9 Å². The molecule has 0 saturated carbocycles. The first-order chi connectivity index (χ1) is 13.3. The molecule has 0 radical (unpaired) electrons. The zero-order valence-electron chi connectivity index (χ0n) is 14.6. The summed E-state index contributed by atoms with van der Waals surface area (Å²) >= 11 is 0. The number of aromatic nitrogens is 4. The number of fused-ring (bicyclic) bond motifs is 3. The summed E-state index contributed by atoms with van der Waals surface area (Å²) in [6.45, 7) is 1.53. The van der Waals surface area contributed by atoms with Gasteiger partial charge in [-0.15, -0.1) is 5.10 Å². The zero-order valence-corrected chi connectivity index (χ0v) is 14.6. The molecule has 1 saturated heterocycles. The summed E-state index contributed by atoms with van der Waals surface area (Å²) in [4.78, 5) is 4.80. The molecule has 0 aliphatic carbocycles. The number of anilines is 1. The Morgan fingerprint density at radius 1 is 1.15 bits per heavy atom. The van der Waals surface area contributed by atoms with Crippen molar-refractivity contribution in [3.05, 3.63) is 54.3 Å². The van der Waals surface area contributed by atoms with Gasteiger partial charge in [0.2, 0.25) is 0 Å². The van der Waals surface area contributed by atoms with Crippen LogP contribution in [0.15, 0.2) is 48.5 Å². The fourth-order valence-electron chi connectivity index (χ4n) is 3.51. The van der Waals surface area contributed by atoms with Crippen LogP contribution in [-0.4, -0.2) is 39.1 Å². The third-order valence-corrected chi connectivity index (χ3v) is 4.89. The first kappa shape index (κ1) is 16.1. The van der Waals surface area contributed by atoms with Gasteiger partial charge in [-0.05, 0) is 49.2 Å². The van der Waals surface area contributed by atoms with Crippen molar-refractivity contribution in [2.45, 2.75) is 18.9 Å². The highest BCUT2D eigenvalue weighted by molar-refractivity contribution is 5.93. The van der Waals surface area contributed by atoms with Crippen LogP contribution in [0.2, 0.25) is 0 Å². The van der Waals surface area contributed by atoms with Crippen LogP contribution in [0.3, 0.4) is 0 Å². The van der Waals surface area contributed by atoms with Crippen molar-refractivity contribution in [2.75, 3.05) is 18.5 Å². The summed E-state index contributed by atoms with van der Waals surface area (Å²) in [6.07, 6.45) is 2.37. The molecule has 27 heavy (non-hydrogen) atoms. The van der Waals surface area contributed by atoms with Crippen LogP contribution in [0.1, 0.15) is 12.8 Å². The van der Waals surface area contributed by atoms with Crippen molar-refractivity contribution in [3.8, 4) is 11.3 Å². The summed E-state index contributed by atoms with van der Waals surface area (Å²) in [5, 5.41) is 13.0. The van der Waals surface area contributed by atoms with Gasteiger partial charge in [0.25, 0.3) is 0 Å². The van der Waals surface area contributed by atoms with Crippen molar-refractivity contribution in [1.82, 2.24) is 19.8 Å². The molecule has 1 N–H and O–H groups in total. The Morgan fingerprint density at radius 2 is 2.00 bits per heavy atom. The Hall–Kier alpha value is -3.06. The number of ether oxygens (including phenoxy) is 1. The highest BCUT2D eigenvalue weighted by atomic mass is 19.1. The minimum atomic E-state index is -0.285. The van der Waals surface area contributed by atoms with Crippen LogP contribution in [0.25, 0.3) is 27.8 Å². The summed E-state index contributed by atoms with van der Waals surface area (Å²) in [7, 11) is 0. The number of benzene rings is 2. The predicted molar refractivity (Wildman–Crippen MR) is 101 cm³/mol. The largest absolute Gasteiger partial charge is 0.376 e. The molecule has 1 aliphatic heterocycles. The third kappa shape index (κ3) is 2.90. The summed E-state index contributed by atoms with van der Waals surface area (Å²) in [5.41, 5.74) is 2.95. The Morgan fingerprint density at radius 3 is 2.81 bits per heavy atom. The Labute approximate surface area is 155 Å². The molecular weight excluding hydrogens is 345 g/mol. The standard InChI is InChI=1S/C20H18FN5O/c21-14-9-7-13(8-10-14)18-20-23-19(22-12-15-4-3-11-27-15)16-5-1-2-6-17(16)26(20)25-24-18/h1-2,5-10,15H,3-4,11-12H2,(H,22,23). The highest BCUT2D eigenvalue weighted by Crippen LogP contribution is 2.28. The summed E-state index contributed by atoms with van der Waals surface area (Å²) in [6, 6.07) is 14.2. The lowest BCUT2D eigenvalue weighted by molar-refractivity contribution is 0.120. The lowest BCUT2D eigenvalue weighted by Crippen LogP contribution is -2.19. The van der Waals surface area contributed by atoms with E-state index < -0.39 is 0 Å². The van der Waals surface area contributed by atoms with Crippen molar-refractivity contribution in [3.63, 3.8) is 0 Å². The second-order valence-electron chi connectivity index (χ2n) is 6.67. The molecule has 6 nitrogen and oxygen atoms in total. The number of halogens is 1. The fourth-order valence-corrected chi connectivity index (χ4v) is 3.51. The van der Waals surface area contributed by atoms with E-state index in [-0.39, 0.29) is 11.9 Å². The van der Waals surface area contributed by atoms with Gasteiger partial charge in [-0.2, -0.15) is 4.52 Å². The van der Waals surface area contributed by atoms with Gasteiger partial charge in [-0.3, -0.25) is 0 Å². The number of para-hydroxylation sites is 1. The summed E-state index contributed by atoms with van der Waals surface area (Å²) in [5.74, 6) is 0.492. The molecule has 1 fully saturated rings. The smallest absolute Gasteiger partial charge is 0.186 e. The van der Waals surface area contributed by atoms with E-state index in [1.54, 1.807) is 16.6 Å².